The average molecular weight is 373 g/mol. The smallest absolute Gasteiger partial charge is 0.273 e. The van der Waals surface area contributed by atoms with Crippen LogP contribution in [0.3, 0.4) is 0 Å². The Bertz CT molecular complexity index is 960. The zero-order chi connectivity index (χ0) is 18.5. The molecule has 0 bridgehead atoms. The molecule has 9 heteroatoms. The van der Waals surface area contributed by atoms with Gasteiger partial charge in [0.1, 0.15) is 11.6 Å². The fourth-order valence-electron chi connectivity index (χ4n) is 2.10. The molecule has 1 heterocycles. The summed E-state index contributed by atoms with van der Waals surface area (Å²) in [5.74, 6) is -0.614. The zero-order valence-corrected chi connectivity index (χ0v) is 14.0. The number of nitro groups is 1. The first-order valence-electron chi connectivity index (χ1n) is 7.40. The van der Waals surface area contributed by atoms with Crippen molar-refractivity contribution in [3.63, 3.8) is 0 Å². The van der Waals surface area contributed by atoms with Crippen molar-refractivity contribution in [2.24, 2.45) is 0 Å². The number of amides is 1. The first-order chi connectivity index (χ1) is 12.5. The standard InChI is InChI=1S/C17H12FN3O4S/c18-12-4-1-3-11(7-12)15-10-26-17(19-15)20-16(22)9-25-14-6-2-5-13(8-14)21(23)24/h1-8,10H,9H2,(H,19,20,22). The van der Waals surface area contributed by atoms with Gasteiger partial charge < -0.3 is 4.74 Å². The lowest BCUT2D eigenvalue weighted by Gasteiger charge is -2.05. The molecular formula is C17H12FN3O4S. The zero-order valence-electron chi connectivity index (χ0n) is 13.2. The lowest BCUT2D eigenvalue weighted by molar-refractivity contribution is -0.384. The van der Waals surface area contributed by atoms with Crippen LogP contribution in [0.15, 0.2) is 53.9 Å². The van der Waals surface area contributed by atoms with E-state index in [4.69, 9.17) is 4.74 Å². The second-order valence-electron chi connectivity index (χ2n) is 5.14. The summed E-state index contributed by atoms with van der Waals surface area (Å²) >= 11 is 1.20. The Morgan fingerprint density at radius 2 is 2.08 bits per heavy atom. The number of carbonyl (C=O) groups excluding carboxylic acids is 1. The summed E-state index contributed by atoms with van der Waals surface area (Å²) in [5.41, 5.74) is 1.03. The van der Waals surface area contributed by atoms with E-state index in [0.717, 1.165) is 0 Å². The summed E-state index contributed by atoms with van der Waals surface area (Å²) in [6.45, 7) is -0.323. The highest BCUT2D eigenvalue weighted by atomic mass is 32.1. The van der Waals surface area contributed by atoms with E-state index in [9.17, 15) is 19.3 Å². The number of nitrogens with zero attached hydrogens (tertiary/aromatic N) is 2. The Balaban J connectivity index is 1.59. The summed E-state index contributed by atoms with van der Waals surface area (Å²) in [6.07, 6.45) is 0. The molecule has 1 aromatic heterocycles. The third-order valence-corrected chi connectivity index (χ3v) is 4.03. The van der Waals surface area contributed by atoms with E-state index < -0.39 is 10.8 Å². The Kier molecular flexibility index (Phi) is 5.18. The minimum Gasteiger partial charge on any atom is -0.484 e. The number of aromatic nitrogens is 1. The van der Waals surface area contributed by atoms with Gasteiger partial charge in [0.15, 0.2) is 11.7 Å². The molecule has 0 spiro atoms. The maximum absolute atomic E-state index is 13.3. The third-order valence-electron chi connectivity index (χ3n) is 3.27. The molecule has 0 fully saturated rings. The van der Waals surface area contributed by atoms with E-state index in [2.05, 4.69) is 10.3 Å². The number of non-ortho nitro benzene ring substituents is 1. The van der Waals surface area contributed by atoms with Crippen molar-refractivity contribution in [2.75, 3.05) is 11.9 Å². The summed E-state index contributed by atoms with van der Waals surface area (Å²) < 4.78 is 18.5. The Morgan fingerprint density at radius 1 is 1.27 bits per heavy atom. The van der Waals surface area contributed by atoms with Gasteiger partial charge in [-0.3, -0.25) is 20.2 Å². The van der Waals surface area contributed by atoms with Crippen molar-refractivity contribution in [2.45, 2.75) is 0 Å². The predicted octanol–water partition coefficient (Wildman–Crippen LogP) is 3.87. The van der Waals surface area contributed by atoms with Crippen molar-refractivity contribution in [3.05, 3.63) is 69.8 Å². The van der Waals surface area contributed by atoms with Gasteiger partial charge in [-0.2, -0.15) is 0 Å². The summed E-state index contributed by atoms with van der Waals surface area (Å²) in [5, 5.41) is 15.3. The van der Waals surface area contributed by atoms with Crippen LogP contribution in [0.25, 0.3) is 11.3 Å². The number of halogens is 1. The molecule has 1 N–H and O–H groups in total. The van der Waals surface area contributed by atoms with E-state index in [1.807, 2.05) is 0 Å². The van der Waals surface area contributed by atoms with Gasteiger partial charge in [0, 0.05) is 17.0 Å². The van der Waals surface area contributed by atoms with E-state index in [1.54, 1.807) is 17.5 Å². The summed E-state index contributed by atoms with van der Waals surface area (Å²) in [4.78, 5) is 26.3. The van der Waals surface area contributed by atoms with Crippen LogP contribution in [0.4, 0.5) is 15.2 Å². The summed E-state index contributed by atoms with van der Waals surface area (Å²) in [6, 6.07) is 11.5. The molecule has 0 aliphatic rings. The highest BCUT2D eigenvalue weighted by Gasteiger charge is 2.11. The van der Waals surface area contributed by atoms with Crippen LogP contribution in [0, 0.1) is 15.9 Å². The highest BCUT2D eigenvalue weighted by Crippen LogP contribution is 2.25. The predicted molar refractivity (Wildman–Crippen MR) is 94.7 cm³/mol. The van der Waals surface area contributed by atoms with Crippen molar-refractivity contribution in [3.8, 4) is 17.0 Å². The van der Waals surface area contributed by atoms with Gasteiger partial charge in [-0.25, -0.2) is 9.37 Å². The van der Waals surface area contributed by atoms with Gasteiger partial charge in [0.25, 0.3) is 11.6 Å². The highest BCUT2D eigenvalue weighted by molar-refractivity contribution is 7.14. The Hall–Kier alpha value is -3.33. The average Bonchev–Trinajstić information content (AvgIpc) is 3.09. The lowest BCUT2D eigenvalue weighted by Crippen LogP contribution is -2.20. The maximum atomic E-state index is 13.3. The largest absolute Gasteiger partial charge is 0.484 e. The third kappa shape index (κ3) is 4.39. The Labute approximate surface area is 151 Å². The van der Waals surface area contributed by atoms with Crippen LogP contribution >= 0.6 is 11.3 Å². The molecule has 26 heavy (non-hydrogen) atoms. The number of anilines is 1. The molecule has 0 saturated heterocycles. The number of nitro benzene ring substituents is 1. The summed E-state index contributed by atoms with van der Waals surface area (Å²) in [7, 11) is 0. The molecule has 3 aromatic rings. The molecule has 2 aromatic carbocycles. The van der Waals surface area contributed by atoms with Gasteiger partial charge in [-0.1, -0.05) is 18.2 Å². The molecule has 132 valence electrons. The molecular weight excluding hydrogens is 361 g/mol. The minimum atomic E-state index is -0.545. The molecule has 0 aliphatic heterocycles. The van der Waals surface area contributed by atoms with Crippen LogP contribution in [-0.2, 0) is 4.79 Å². The Morgan fingerprint density at radius 3 is 2.85 bits per heavy atom. The molecule has 0 atom stereocenters. The number of rotatable bonds is 6. The first kappa shape index (κ1) is 17.5. The number of thiazole rings is 1. The fourth-order valence-corrected chi connectivity index (χ4v) is 2.84. The first-order valence-corrected chi connectivity index (χ1v) is 8.28. The van der Waals surface area contributed by atoms with E-state index in [1.165, 1.54) is 47.7 Å². The minimum absolute atomic E-state index is 0.123. The second kappa shape index (κ2) is 7.70. The number of hydrogen-bond acceptors (Lipinski definition) is 6. The van der Waals surface area contributed by atoms with Gasteiger partial charge >= 0.3 is 0 Å². The van der Waals surface area contributed by atoms with Crippen LogP contribution in [0.1, 0.15) is 0 Å². The van der Waals surface area contributed by atoms with Crippen molar-refractivity contribution in [1.29, 1.82) is 0 Å². The van der Waals surface area contributed by atoms with Crippen LogP contribution < -0.4 is 10.1 Å². The van der Waals surface area contributed by atoms with Crippen molar-refractivity contribution < 1.29 is 18.8 Å². The monoisotopic (exact) mass is 373 g/mol. The van der Waals surface area contributed by atoms with Gasteiger partial charge in [-0.15, -0.1) is 11.3 Å². The quantitative estimate of drug-likeness (QED) is 0.523. The van der Waals surface area contributed by atoms with Crippen LogP contribution in [0.5, 0.6) is 5.75 Å². The fraction of sp³-hybridized carbons (Fsp3) is 0.0588. The van der Waals surface area contributed by atoms with Crippen molar-refractivity contribution in [1.82, 2.24) is 4.98 Å². The van der Waals surface area contributed by atoms with E-state index >= 15 is 0 Å². The lowest BCUT2D eigenvalue weighted by atomic mass is 10.2. The molecule has 0 aliphatic carbocycles. The van der Waals surface area contributed by atoms with Gasteiger partial charge in [-0.05, 0) is 18.2 Å². The molecule has 0 radical (unpaired) electrons. The molecule has 0 saturated carbocycles. The topological polar surface area (TPSA) is 94.4 Å². The van der Waals surface area contributed by atoms with Gasteiger partial charge in [0.2, 0.25) is 0 Å². The number of benzene rings is 2. The molecule has 1 amide bonds. The number of hydrogen-bond donors (Lipinski definition) is 1. The number of ether oxygens (including phenoxy) is 1. The van der Waals surface area contributed by atoms with Crippen LogP contribution in [-0.4, -0.2) is 22.4 Å². The molecule has 3 rings (SSSR count). The maximum Gasteiger partial charge on any atom is 0.273 e. The van der Waals surface area contributed by atoms with E-state index in [0.29, 0.717) is 16.4 Å². The normalized spacial score (nSPS) is 10.3. The van der Waals surface area contributed by atoms with E-state index in [-0.39, 0.29) is 23.9 Å². The molecule has 7 nitrogen and oxygen atoms in total. The number of nitrogens with one attached hydrogen (secondary N) is 1. The van der Waals surface area contributed by atoms with Crippen LogP contribution in [0.2, 0.25) is 0 Å². The van der Waals surface area contributed by atoms with Gasteiger partial charge in [0.05, 0.1) is 16.7 Å². The second-order valence-corrected chi connectivity index (χ2v) is 6.00. The SMILES string of the molecule is O=C(COc1cccc([N+](=O)[O-])c1)Nc1nc(-c2cccc(F)c2)cs1. The molecule has 0 unspecified atom stereocenters. The number of carbonyl (C=O) groups is 1. The van der Waals surface area contributed by atoms with Crippen molar-refractivity contribution >= 4 is 28.1 Å².